The summed E-state index contributed by atoms with van der Waals surface area (Å²) in [6.07, 6.45) is 7.99. The third-order valence-electron chi connectivity index (χ3n) is 1.97. The zero-order chi connectivity index (χ0) is 11.6. The van der Waals surface area contributed by atoms with Crippen molar-refractivity contribution >= 4 is 10.3 Å². The molecule has 2 N–H and O–H groups in total. The molecule has 0 saturated carbocycles. The quantitative estimate of drug-likeness (QED) is 0.359. The SMILES string of the molecule is CCCCCCCCCOOS(N)(=O)=O. The van der Waals surface area contributed by atoms with Gasteiger partial charge in [0, 0.05) is 0 Å². The van der Waals surface area contributed by atoms with Crippen LogP contribution in [0.25, 0.3) is 0 Å². The van der Waals surface area contributed by atoms with E-state index in [9.17, 15) is 8.42 Å². The molecule has 0 spiro atoms. The number of nitrogens with two attached hydrogens (primary N) is 1. The maximum Gasteiger partial charge on any atom is 0.359 e. The first-order chi connectivity index (χ1) is 7.06. The van der Waals surface area contributed by atoms with Gasteiger partial charge in [0.2, 0.25) is 0 Å². The van der Waals surface area contributed by atoms with E-state index in [1.165, 1.54) is 25.7 Å². The zero-order valence-corrected chi connectivity index (χ0v) is 10.1. The number of rotatable bonds is 10. The third-order valence-corrected chi connectivity index (χ3v) is 2.26. The summed E-state index contributed by atoms with van der Waals surface area (Å²) in [4.78, 5) is 4.41. The molecule has 0 aliphatic rings. The summed E-state index contributed by atoms with van der Waals surface area (Å²) in [5.74, 6) is 0. The Labute approximate surface area is 92.1 Å². The molecule has 0 rings (SSSR count). The average Bonchev–Trinajstić information content (AvgIpc) is 2.14. The van der Waals surface area contributed by atoms with Crippen LogP contribution in [0.15, 0.2) is 0 Å². The van der Waals surface area contributed by atoms with Crippen LogP contribution in [0.3, 0.4) is 0 Å². The van der Waals surface area contributed by atoms with Gasteiger partial charge >= 0.3 is 10.3 Å². The molecule has 92 valence electrons. The fourth-order valence-electron chi connectivity index (χ4n) is 1.22. The average molecular weight is 239 g/mol. The summed E-state index contributed by atoms with van der Waals surface area (Å²) < 4.78 is 24.5. The smallest absolute Gasteiger partial charge is 0.219 e. The Hall–Kier alpha value is -0.170. The van der Waals surface area contributed by atoms with E-state index < -0.39 is 10.3 Å². The van der Waals surface area contributed by atoms with Gasteiger partial charge in [0.25, 0.3) is 0 Å². The lowest BCUT2D eigenvalue weighted by molar-refractivity contribution is -0.202. The fraction of sp³-hybridized carbons (Fsp3) is 1.00. The fourth-order valence-corrected chi connectivity index (χ4v) is 1.42. The van der Waals surface area contributed by atoms with Crippen LogP contribution in [0, 0.1) is 0 Å². The van der Waals surface area contributed by atoms with Crippen molar-refractivity contribution < 1.29 is 17.6 Å². The van der Waals surface area contributed by atoms with E-state index in [-0.39, 0.29) is 6.61 Å². The molecule has 0 saturated heterocycles. The van der Waals surface area contributed by atoms with Gasteiger partial charge in [0.15, 0.2) is 0 Å². The molecule has 0 aromatic carbocycles. The van der Waals surface area contributed by atoms with Crippen molar-refractivity contribution in [3.05, 3.63) is 0 Å². The van der Waals surface area contributed by atoms with Gasteiger partial charge < -0.3 is 0 Å². The first-order valence-electron chi connectivity index (χ1n) is 5.40. The minimum atomic E-state index is -3.95. The number of hydrogen-bond acceptors (Lipinski definition) is 4. The Bertz CT molecular complexity index is 228. The second kappa shape index (κ2) is 9.08. The molecule has 0 unspecified atom stereocenters. The Kier molecular flexibility index (Phi) is 8.98. The van der Waals surface area contributed by atoms with Crippen LogP contribution in [0.4, 0.5) is 0 Å². The van der Waals surface area contributed by atoms with Crippen LogP contribution >= 0.6 is 0 Å². The van der Waals surface area contributed by atoms with Crippen molar-refractivity contribution in [2.75, 3.05) is 6.61 Å². The minimum Gasteiger partial charge on any atom is -0.219 e. The highest BCUT2D eigenvalue weighted by molar-refractivity contribution is 7.84. The van der Waals surface area contributed by atoms with Crippen LogP contribution in [0.2, 0.25) is 0 Å². The molecule has 0 aliphatic carbocycles. The highest BCUT2D eigenvalue weighted by Crippen LogP contribution is 2.06. The lowest BCUT2D eigenvalue weighted by Crippen LogP contribution is -2.16. The summed E-state index contributed by atoms with van der Waals surface area (Å²) in [6, 6.07) is 0. The van der Waals surface area contributed by atoms with Gasteiger partial charge in [-0.1, -0.05) is 49.8 Å². The molecule has 5 nitrogen and oxygen atoms in total. The topological polar surface area (TPSA) is 78.6 Å². The van der Waals surface area contributed by atoms with E-state index in [1.807, 2.05) is 0 Å². The van der Waals surface area contributed by atoms with Crippen LogP contribution in [0.1, 0.15) is 51.9 Å². The Morgan fingerprint density at radius 2 is 1.53 bits per heavy atom. The van der Waals surface area contributed by atoms with E-state index in [4.69, 9.17) is 0 Å². The zero-order valence-electron chi connectivity index (χ0n) is 9.28. The summed E-state index contributed by atoms with van der Waals surface area (Å²) in [7, 11) is -3.95. The van der Waals surface area contributed by atoms with Crippen LogP contribution in [-0.2, 0) is 19.5 Å². The first kappa shape index (κ1) is 14.8. The highest BCUT2D eigenvalue weighted by Gasteiger charge is 2.01. The summed E-state index contributed by atoms with van der Waals surface area (Å²) in [5, 5.41) is 4.56. The normalized spacial score (nSPS) is 11.9. The third kappa shape index (κ3) is 13.8. The molecule has 0 aromatic heterocycles. The molecule has 0 heterocycles. The molecular weight excluding hydrogens is 218 g/mol. The second-order valence-corrected chi connectivity index (χ2v) is 4.63. The van der Waals surface area contributed by atoms with Crippen molar-refractivity contribution in [3.63, 3.8) is 0 Å². The van der Waals surface area contributed by atoms with E-state index in [2.05, 4.69) is 21.3 Å². The monoisotopic (exact) mass is 239 g/mol. The lowest BCUT2D eigenvalue weighted by atomic mass is 10.1. The molecule has 15 heavy (non-hydrogen) atoms. The first-order valence-corrected chi connectivity index (χ1v) is 6.87. The molecule has 0 fully saturated rings. The maximum atomic E-state index is 10.3. The molecule has 6 heteroatoms. The largest absolute Gasteiger partial charge is 0.359 e. The standard InChI is InChI=1S/C9H21NO4S/c1-2-3-4-5-6-7-8-9-13-14-15(10,11)12/h2-9H2,1H3,(H2,10,11,12). The van der Waals surface area contributed by atoms with Gasteiger partial charge in [-0.05, 0) is 6.42 Å². The summed E-state index contributed by atoms with van der Waals surface area (Å²) in [6.45, 7) is 2.45. The van der Waals surface area contributed by atoms with Gasteiger partial charge in [-0.15, -0.1) is 0 Å². The van der Waals surface area contributed by atoms with E-state index in [0.29, 0.717) is 0 Å². The lowest BCUT2D eigenvalue weighted by Gasteiger charge is -2.01. The number of unbranched alkanes of at least 4 members (excludes halogenated alkanes) is 6. The van der Waals surface area contributed by atoms with E-state index >= 15 is 0 Å². The summed E-state index contributed by atoms with van der Waals surface area (Å²) >= 11 is 0. The van der Waals surface area contributed by atoms with Crippen molar-refractivity contribution in [2.24, 2.45) is 5.14 Å². The molecule has 0 aliphatic heterocycles. The maximum absolute atomic E-state index is 10.3. The van der Waals surface area contributed by atoms with Gasteiger partial charge in [0.1, 0.15) is 0 Å². The van der Waals surface area contributed by atoms with Gasteiger partial charge in [-0.3, -0.25) is 0 Å². The molecule has 0 aromatic rings. The van der Waals surface area contributed by atoms with Crippen molar-refractivity contribution in [1.29, 1.82) is 0 Å². The molecule has 0 bridgehead atoms. The van der Waals surface area contributed by atoms with E-state index in [1.54, 1.807) is 0 Å². The van der Waals surface area contributed by atoms with Crippen molar-refractivity contribution in [2.45, 2.75) is 51.9 Å². The van der Waals surface area contributed by atoms with Crippen LogP contribution < -0.4 is 5.14 Å². The van der Waals surface area contributed by atoms with Crippen LogP contribution in [-0.4, -0.2) is 15.0 Å². The van der Waals surface area contributed by atoms with Gasteiger partial charge in [-0.2, -0.15) is 8.42 Å². The second-order valence-electron chi connectivity index (χ2n) is 3.50. The van der Waals surface area contributed by atoms with Gasteiger partial charge in [0.05, 0.1) is 6.61 Å². The van der Waals surface area contributed by atoms with Crippen LogP contribution in [0.5, 0.6) is 0 Å². The minimum absolute atomic E-state index is 0.268. The Balaban J connectivity index is 3.06. The van der Waals surface area contributed by atoms with E-state index in [0.717, 1.165) is 19.3 Å². The molecular formula is C9H21NO4S. The van der Waals surface area contributed by atoms with Gasteiger partial charge in [-0.25, -0.2) is 10.0 Å². The van der Waals surface area contributed by atoms with Crippen molar-refractivity contribution in [3.8, 4) is 0 Å². The molecule has 0 radical (unpaired) electrons. The Morgan fingerprint density at radius 1 is 1.00 bits per heavy atom. The Morgan fingerprint density at radius 3 is 2.07 bits per heavy atom. The summed E-state index contributed by atoms with van der Waals surface area (Å²) in [5.41, 5.74) is 0. The molecule has 0 atom stereocenters. The predicted octanol–water partition coefficient (Wildman–Crippen LogP) is 1.89. The highest BCUT2D eigenvalue weighted by atomic mass is 32.2. The number of hydrogen-bond donors (Lipinski definition) is 1. The van der Waals surface area contributed by atoms with Crippen molar-refractivity contribution in [1.82, 2.24) is 0 Å². The predicted molar refractivity (Wildman–Crippen MR) is 58.1 cm³/mol. The molecule has 0 amide bonds.